The molecule has 1 heterocycles. The number of rotatable bonds is 7. The van der Waals surface area contributed by atoms with Crippen molar-refractivity contribution in [1.82, 2.24) is 5.32 Å². The Morgan fingerprint density at radius 3 is 2.49 bits per heavy atom. The average Bonchev–Trinajstić information content (AvgIpc) is 2.92. The van der Waals surface area contributed by atoms with E-state index in [1.807, 2.05) is 25.1 Å². The van der Waals surface area contributed by atoms with E-state index in [1.54, 1.807) is 36.4 Å². The highest BCUT2D eigenvalue weighted by molar-refractivity contribution is 9.10. The largest absolute Gasteiger partial charge is 0.490 e. The van der Waals surface area contributed by atoms with Crippen LogP contribution in [0.15, 0.2) is 88.9 Å². The van der Waals surface area contributed by atoms with Crippen LogP contribution in [0.5, 0.6) is 11.5 Å². The molecule has 0 radical (unpaired) electrons. The lowest BCUT2D eigenvalue weighted by Gasteiger charge is -2.28. The molecule has 1 aliphatic rings. The molecule has 4 aromatic carbocycles. The molecule has 0 atom stereocenters. The minimum atomic E-state index is -0.557. The third kappa shape index (κ3) is 5.44. The van der Waals surface area contributed by atoms with Gasteiger partial charge in [0.2, 0.25) is 0 Å². The van der Waals surface area contributed by atoms with Crippen molar-refractivity contribution < 1.29 is 19.1 Å². The molecular weight excluding hydrogens is 576 g/mol. The fourth-order valence-electron chi connectivity index (χ4n) is 4.49. The van der Waals surface area contributed by atoms with E-state index < -0.39 is 11.8 Å². The summed E-state index contributed by atoms with van der Waals surface area (Å²) in [5.41, 5.74) is 3.35. The molecule has 196 valence electrons. The second-order valence-corrected chi connectivity index (χ2v) is 10.2. The molecule has 0 aliphatic carbocycles. The first-order chi connectivity index (χ1) is 18.9. The molecular formula is C31H25BrN2O4S. The molecule has 2 amide bonds. The maximum atomic E-state index is 13.4. The van der Waals surface area contributed by atoms with Gasteiger partial charge < -0.3 is 9.47 Å². The third-order valence-electron chi connectivity index (χ3n) is 6.39. The number of hydrogen-bond donors (Lipinski definition) is 1. The van der Waals surface area contributed by atoms with E-state index in [-0.39, 0.29) is 10.7 Å². The van der Waals surface area contributed by atoms with Crippen LogP contribution in [0, 0.1) is 6.92 Å². The van der Waals surface area contributed by atoms with Gasteiger partial charge in [-0.15, -0.1) is 0 Å². The Morgan fingerprint density at radius 1 is 0.974 bits per heavy atom. The van der Waals surface area contributed by atoms with Gasteiger partial charge in [-0.25, -0.2) is 0 Å². The lowest BCUT2D eigenvalue weighted by atomic mass is 10.0. The Hall–Kier alpha value is -4.01. The summed E-state index contributed by atoms with van der Waals surface area (Å²) >= 11 is 8.90. The van der Waals surface area contributed by atoms with Crippen molar-refractivity contribution in [3.05, 3.63) is 106 Å². The summed E-state index contributed by atoms with van der Waals surface area (Å²) in [6, 6.07) is 24.9. The van der Waals surface area contributed by atoms with Crippen LogP contribution in [-0.2, 0) is 16.2 Å². The molecule has 1 saturated heterocycles. The third-order valence-corrected chi connectivity index (χ3v) is 7.27. The molecule has 1 aliphatic heterocycles. The molecule has 1 N–H and O–H groups in total. The van der Waals surface area contributed by atoms with Gasteiger partial charge in [0.25, 0.3) is 11.8 Å². The van der Waals surface area contributed by atoms with Crippen LogP contribution in [-0.4, -0.2) is 23.5 Å². The van der Waals surface area contributed by atoms with Crippen LogP contribution in [0.2, 0.25) is 0 Å². The fourth-order valence-corrected chi connectivity index (χ4v) is 5.35. The van der Waals surface area contributed by atoms with Crippen molar-refractivity contribution in [2.24, 2.45) is 0 Å². The quantitative estimate of drug-likeness (QED) is 0.145. The van der Waals surface area contributed by atoms with Crippen LogP contribution < -0.4 is 19.7 Å². The highest BCUT2D eigenvalue weighted by atomic mass is 79.9. The SMILES string of the molecule is CCOc1cc(/C=C2/C(=O)NC(=S)N(c3ccccc3)C2=O)cc(Br)c1OCc1c(C)ccc2ccccc12. The Morgan fingerprint density at radius 2 is 1.72 bits per heavy atom. The summed E-state index contributed by atoms with van der Waals surface area (Å²) in [6.07, 6.45) is 1.53. The average molecular weight is 602 g/mol. The Balaban J connectivity index is 1.48. The van der Waals surface area contributed by atoms with Gasteiger partial charge in [-0.3, -0.25) is 19.8 Å². The van der Waals surface area contributed by atoms with Crippen LogP contribution in [0.25, 0.3) is 16.8 Å². The molecule has 1 fully saturated rings. The van der Waals surface area contributed by atoms with Gasteiger partial charge in [0.15, 0.2) is 16.6 Å². The lowest BCUT2D eigenvalue weighted by Crippen LogP contribution is -2.54. The van der Waals surface area contributed by atoms with Gasteiger partial charge in [0, 0.05) is 5.56 Å². The number of aryl methyl sites for hydroxylation is 1. The number of para-hydroxylation sites is 1. The van der Waals surface area contributed by atoms with Gasteiger partial charge in [0.1, 0.15) is 12.2 Å². The van der Waals surface area contributed by atoms with Crippen molar-refractivity contribution in [3.8, 4) is 11.5 Å². The van der Waals surface area contributed by atoms with Gasteiger partial charge in [-0.2, -0.15) is 0 Å². The number of ether oxygens (including phenoxy) is 2. The first kappa shape index (κ1) is 26.6. The molecule has 4 aromatic rings. The second kappa shape index (κ2) is 11.4. The van der Waals surface area contributed by atoms with Gasteiger partial charge in [-0.1, -0.05) is 54.6 Å². The summed E-state index contributed by atoms with van der Waals surface area (Å²) in [6.45, 7) is 4.70. The van der Waals surface area contributed by atoms with Crippen LogP contribution in [0.3, 0.4) is 0 Å². The first-order valence-electron chi connectivity index (χ1n) is 12.4. The number of carbonyl (C=O) groups is 2. The number of halogens is 1. The number of benzene rings is 4. The number of carbonyl (C=O) groups excluding carboxylic acids is 2. The Bertz CT molecular complexity index is 1630. The van der Waals surface area contributed by atoms with Crippen molar-refractivity contribution in [2.45, 2.75) is 20.5 Å². The predicted molar refractivity (Wildman–Crippen MR) is 161 cm³/mol. The van der Waals surface area contributed by atoms with Crippen molar-refractivity contribution in [2.75, 3.05) is 11.5 Å². The summed E-state index contributed by atoms with van der Waals surface area (Å²) < 4.78 is 12.9. The molecule has 39 heavy (non-hydrogen) atoms. The maximum Gasteiger partial charge on any atom is 0.270 e. The van der Waals surface area contributed by atoms with Crippen LogP contribution in [0.1, 0.15) is 23.6 Å². The van der Waals surface area contributed by atoms with Crippen molar-refractivity contribution in [3.63, 3.8) is 0 Å². The van der Waals surface area contributed by atoms with Gasteiger partial charge in [0.05, 0.1) is 16.8 Å². The van der Waals surface area contributed by atoms with E-state index in [2.05, 4.69) is 52.4 Å². The van der Waals surface area contributed by atoms with E-state index in [1.165, 1.54) is 11.0 Å². The van der Waals surface area contributed by atoms with Crippen LogP contribution in [0.4, 0.5) is 5.69 Å². The smallest absolute Gasteiger partial charge is 0.270 e. The highest BCUT2D eigenvalue weighted by Crippen LogP contribution is 2.39. The molecule has 0 saturated carbocycles. The Kier molecular flexibility index (Phi) is 7.77. The monoisotopic (exact) mass is 600 g/mol. The van der Waals surface area contributed by atoms with E-state index in [0.717, 1.165) is 21.9 Å². The summed E-state index contributed by atoms with van der Waals surface area (Å²) in [5.74, 6) is -0.0256. The maximum absolute atomic E-state index is 13.4. The van der Waals surface area contributed by atoms with Gasteiger partial charge >= 0.3 is 0 Å². The van der Waals surface area contributed by atoms with Crippen molar-refractivity contribution >= 4 is 67.6 Å². The number of anilines is 1. The summed E-state index contributed by atoms with van der Waals surface area (Å²) in [4.78, 5) is 27.4. The standard InChI is InChI=1S/C31H25BrN2O4S/c1-3-37-27-17-20(15-24-29(35)33-31(39)34(30(24)36)22-10-5-4-6-11-22)16-26(32)28(27)38-18-25-19(2)13-14-21-9-7-8-12-23(21)25/h4-17H,3,18H2,1-2H3,(H,33,35,39)/b24-15-. The highest BCUT2D eigenvalue weighted by Gasteiger charge is 2.34. The molecule has 6 nitrogen and oxygen atoms in total. The van der Waals surface area contributed by atoms with E-state index in [4.69, 9.17) is 21.7 Å². The minimum absolute atomic E-state index is 0.0389. The minimum Gasteiger partial charge on any atom is -0.490 e. The molecule has 0 aromatic heterocycles. The number of thiocarbonyl (C=S) groups is 1. The lowest BCUT2D eigenvalue weighted by molar-refractivity contribution is -0.122. The van der Waals surface area contributed by atoms with Crippen molar-refractivity contribution in [1.29, 1.82) is 0 Å². The van der Waals surface area contributed by atoms with E-state index in [9.17, 15) is 9.59 Å². The van der Waals surface area contributed by atoms with E-state index >= 15 is 0 Å². The fraction of sp³-hybridized carbons (Fsp3) is 0.129. The zero-order chi connectivity index (χ0) is 27.5. The number of nitrogens with zero attached hydrogens (tertiary/aromatic N) is 1. The number of fused-ring (bicyclic) bond motifs is 1. The zero-order valence-electron chi connectivity index (χ0n) is 21.4. The molecule has 0 bridgehead atoms. The Labute approximate surface area is 240 Å². The molecule has 0 unspecified atom stereocenters. The zero-order valence-corrected chi connectivity index (χ0v) is 23.8. The van der Waals surface area contributed by atoms with Crippen LogP contribution >= 0.6 is 28.1 Å². The number of amides is 2. The normalized spacial score (nSPS) is 14.6. The number of hydrogen-bond acceptors (Lipinski definition) is 5. The molecule has 0 spiro atoms. The molecule has 8 heteroatoms. The number of nitrogens with one attached hydrogen (secondary N) is 1. The molecule has 5 rings (SSSR count). The topological polar surface area (TPSA) is 67.9 Å². The first-order valence-corrected chi connectivity index (χ1v) is 13.6. The van der Waals surface area contributed by atoms with Gasteiger partial charge in [-0.05, 0) is 94.2 Å². The van der Waals surface area contributed by atoms with E-state index in [0.29, 0.717) is 40.4 Å². The predicted octanol–water partition coefficient (Wildman–Crippen LogP) is 6.72. The summed E-state index contributed by atoms with van der Waals surface area (Å²) in [7, 11) is 0. The summed E-state index contributed by atoms with van der Waals surface area (Å²) in [5, 5.41) is 4.93. The second-order valence-electron chi connectivity index (χ2n) is 8.93.